The number of hydrogen-bond acceptors (Lipinski definition) is 8. The summed E-state index contributed by atoms with van der Waals surface area (Å²) in [6.45, 7) is 0. The van der Waals surface area contributed by atoms with E-state index < -0.39 is 9.84 Å². The fourth-order valence-corrected chi connectivity index (χ4v) is 6.43. The highest BCUT2D eigenvalue weighted by atomic mass is 32.2. The number of nitrogens with one attached hydrogen (secondary N) is 1. The van der Waals surface area contributed by atoms with E-state index in [-0.39, 0.29) is 23.5 Å². The first-order chi connectivity index (χ1) is 12.5. The minimum absolute atomic E-state index is 0.107. The minimum Gasteiger partial charge on any atom is -0.295 e. The summed E-state index contributed by atoms with van der Waals surface area (Å²) in [6.07, 6.45) is 6.14. The molecule has 1 saturated heterocycles. The lowest BCUT2D eigenvalue weighted by Gasteiger charge is -2.17. The summed E-state index contributed by atoms with van der Waals surface area (Å²) in [4.78, 5) is 12.8. The summed E-state index contributed by atoms with van der Waals surface area (Å²) in [5.41, 5.74) is 2.36. The highest BCUT2D eigenvalue weighted by molar-refractivity contribution is 8.00. The number of rotatable bonds is 4. The molecule has 0 unspecified atom stereocenters. The van der Waals surface area contributed by atoms with E-state index in [4.69, 9.17) is 0 Å². The summed E-state index contributed by atoms with van der Waals surface area (Å²) >= 11 is 2.79. The number of thioether (sulfide) groups is 1. The summed E-state index contributed by atoms with van der Waals surface area (Å²) in [5, 5.41) is 15.7. The van der Waals surface area contributed by atoms with Crippen LogP contribution in [0.1, 0.15) is 47.1 Å². The second-order valence-electron chi connectivity index (χ2n) is 6.51. The number of aromatic nitrogens is 4. The predicted molar refractivity (Wildman–Crippen MR) is 101 cm³/mol. The van der Waals surface area contributed by atoms with E-state index in [1.807, 2.05) is 6.26 Å². The van der Waals surface area contributed by atoms with Crippen molar-refractivity contribution >= 4 is 44.0 Å². The molecule has 1 fully saturated rings. The van der Waals surface area contributed by atoms with E-state index >= 15 is 0 Å². The second-order valence-corrected chi connectivity index (χ2v) is 10.8. The van der Waals surface area contributed by atoms with Gasteiger partial charge in [-0.25, -0.2) is 8.42 Å². The van der Waals surface area contributed by atoms with Crippen LogP contribution in [0.15, 0.2) is 4.34 Å². The van der Waals surface area contributed by atoms with E-state index in [1.54, 1.807) is 4.68 Å². The van der Waals surface area contributed by atoms with Gasteiger partial charge in [0, 0.05) is 11.3 Å². The standard InChI is InChI=1S/C15H19N5O3S3/c1-24-15-18-17-14(25-15)16-13(21)12-10-4-2-3-5-11(10)20(19-12)9-6-7-26(22,23)8-9/h9H,2-8H2,1H3,(H,16,17,21)/t9-/m0/s1. The van der Waals surface area contributed by atoms with Crippen LogP contribution < -0.4 is 5.32 Å². The molecule has 0 radical (unpaired) electrons. The topological polar surface area (TPSA) is 107 Å². The Labute approximate surface area is 159 Å². The summed E-state index contributed by atoms with van der Waals surface area (Å²) < 4.78 is 26.3. The molecule has 4 rings (SSSR count). The summed E-state index contributed by atoms with van der Waals surface area (Å²) in [7, 11) is -3.01. The molecule has 0 saturated carbocycles. The molecule has 140 valence electrons. The van der Waals surface area contributed by atoms with Crippen LogP contribution in [0.5, 0.6) is 0 Å². The molecule has 11 heteroatoms. The third-order valence-corrected chi connectivity index (χ3v) is 8.34. The number of sulfone groups is 1. The number of fused-ring (bicyclic) bond motifs is 1. The number of nitrogens with zero attached hydrogens (tertiary/aromatic N) is 4. The van der Waals surface area contributed by atoms with E-state index in [0.29, 0.717) is 17.2 Å². The molecular weight excluding hydrogens is 394 g/mol. The molecule has 2 aromatic rings. The molecule has 2 aliphatic rings. The van der Waals surface area contributed by atoms with E-state index in [2.05, 4.69) is 20.6 Å². The average molecular weight is 414 g/mol. The maximum absolute atomic E-state index is 12.8. The van der Waals surface area contributed by atoms with Crippen molar-refractivity contribution < 1.29 is 13.2 Å². The van der Waals surface area contributed by atoms with Crippen molar-refractivity contribution in [2.75, 3.05) is 23.1 Å². The monoisotopic (exact) mass is 413 g/mol. The molecule has 0 bridgehead atoms. The lowest BCUT2D eigenvalue weighted by atomic mass is 9.95. The fourth-order valence-electron chi connectivity index (χ4n) is 3.58. The largest absolute Gasteiger partial charge is 0.295 e. The Hall–Kier alpha value is -1.46. The maximum Gasteiger partial charge on any atom is 0.278 e. The van der Waals surface area contributed by atoms with Crippen molar-refractivity contribution in [1.29, 1.82) is 0 Å². The Morgan fingerprint density at radius 1 is 1.31 bits per heavy atom. The Morgan fingerprint density at radius 3 is 2.81 bits per heavy atom. The Kier molecular flexibility index (Phi) is 4.78. The third-order valence-electron chi connectivity index (χ3n) is 4.78. The molecule has 0 aromatic carbocycles. The van der Waals surface area contributed by atoms with Crippen LogP contribution in [-0.4, -0.2) is 52.1 Å². The quantitative estimate of drug-likeness (QED) is 0.603. The van der Waals surface area contributed by atoms with Crippen molar-refractivity contribution in [3.8, 4) is 0 Å². The normalized spacial score (nSPS) is 21.5. The molecular formula is C15H19N5O3S3. The lowest BCUT2D eigenvalue weighted by Crippen LogP contribution is -2.17. The van der Waals surface area contributed by atoms with E-state index in [0.717, 1.165) is 41.3 Å². The van der Waals surface area contributed by atoms with Gasteiger partial charge in [0.2, 0.25) is 5.13 Å². The summed E-state index contributed by atoms with van der Waals surface area (Å²) in [6, 6.07) is -0.168. The number of anilines is 1. The zero-order chi connectivity index (χ0) is 18.3. The Morgan fingerprint density at radius 2 is 2.12 bits per heavy atom. The molecule has 1 amide bonds. The van der Waals surface area contributed by atoms with Crippen molar-refractivity contribution in [1.82, 2.24) is 20.0 Å². The van der Waals surface area contributed by atoms with Crippen LogP contribution in [0.3, 0.4) is 0 Å². The van der Waals surface area contributed by atoms with Gasteiger partial charge in [-0.3, -0.25) is 14.8 Å². The van der Waals surface area contributed by atoms with Gasteiger partial charge in [-0.15, -0.1) is 10.2 Å². The molecule has 8 nitrogen and oxygen atoms in total. The van der Waals surface area contributed by atoms with Gasteiger partial charge >= 0.3 is 0 Å². The van der Waals surface area contributed by atoms with E-state index in [9.17, 15) is 13.2 Å². The molecule has 3 heterocycles. The van der Waals surface area contributed by atoms with Crippen molar-refractivity contribution in [3.63, 3.8) is 0 Å². The van der Waals surface area contributed by atoms with Gasteiger partial charge in [-0.2, -0.15) is 5.10 Å². The minimum atomic E-state index is -3.01. The lowest BCUT2D eigenvalue weighted by molar-refractivity contribution is 0.102. The average Bonchev–Trinajstić information content (AvgIpc) is 3.31. The van der Waals surface area contributed by atoms with Gasteiger partial charge in [0.15, 0.2) is 19.9 Å². The number of carbonyl (C=O) groups is 1. The molecule has 1 aliphatic heterocycles. The zero-order valence-corrected chi connectivity index (χ0v) is 16.7. The molecule has 1 N–H and O–H groups in total. The number of carbonyl (C=O) groups excluding carboxylic acids is 1. The first-order valence-electron chi connectivity index (χ1n) is 8.46. The van der Waals surface area contributed by atoms with Crippen LogP contribution in [0, 0.1) is 0 Å². The highest BCUT2D eigenvalue weighted by Gasteiger charge is 2.34. The number of amides is 1. The Balaban J connectivity index is 1.64. The summed E-state index contributed by atoms with van der Waals surface area (Å²) in [5.74, 6) is -0.00212. The van der Waals surface area contributed by atoms with Crippen LogP contribution in [-0.2, 0) is 22.7 Å². The van der Waals surface area contributed by atoms with Crippen molar-refractivity contribution in [3.05, 3.63) is 17.0 Å². The first kappa shape index (κ1) is 17.9. The second kappa shape index (κ2) is 6.93. The fraction of sp³-hybridized carbons (Fsp3) is 0.600. The molecule has 26 heavy (non-hydrogen) atoms. The maximum atomic E-state index is 12.8. The number of hydrogen-bond donors (Lipinski definition) is 1. The van der Waals surface area contributed by atoms with Gasteiger partial charge in [-0.05, 0) is 38.4 Å². The SMILES string of the molecule is CSc1nnc(NC(=O)c2nn([C@H]3CCS(=O)(=O)C3)c3c2CCCC3)s1. The molecule has 1 aliphatic carbocycles. The van der Waals surface area contributed by atoms with Crippen LogP contribution >= 0.6 is 23.1 Å². The molecule has 2 aromatic heterocycles. The smallest absolute Gasteiger partial charge is 0.278 e. The van der Waals surface area contributed by atoms with Gasteiger partial charge in [-0.1, -0.05) is 23.1 Å². The van der Waals surface area contributed by atoms with Gasteiger partial charge < -0.3 is 0 Å². The highest BCUT2D eigenvalue weighted by Crippen LogP contribution is 2.32. The van der Waals surface area contributed by atoms with E-state index in [1.165, 1.54) is 23.1 Å². The first-order valence-corrected chi connectivity index (χ1v) is 12.3. The van der Waals surface area contributed by atoms with Crippen molar-refractivity contribution in [2.24, 2.45) is 0 Å². The van der Waals surface area contributed by atoms with Gasteiger partial charge in [0.1, 0.15) is 0 Å². The van der Waals surface area contributed by atoms with Crippen LogP contribution in [0.4, 0.5) is 5.13 Å². The van der Waals surface area contributed by atoms with Gasteiger partial charge in [0.25, 0.3) is 5.91 Å². The Bertz CT molecular complexity index is 950. The molecule has 0 spiro atoms. The van der Waals surface area contributed by atoms with Crippen LogP contribution in [0.2, 0.25) is 0 Å². The van der Waals surface area contributed by atoms with Crippen LogP contribution in [0.25, 0.3) is 0 Å². The van der Waals surface area contributed by atoms with Gasteiger partial charge in [0.05, 0.1) is 17.5 Å². The third kappa shape index (κ3) is 3.39. The molecule has 1 atom stereocenters. The van der Waals surface area contributed by atoms with Crippen molar-refractivity contribution in [2.45, 2.75) is 42.5 Å². The predicted octanol–water partition coefficient (Wildman–Crippen LogP) is 1.95. The zero-order valence-electron chi connectivity index (χ0n) is 14.3.